The number of aromatic nitrogens is 3. The Kier molecular flexibility index (Phi) is 7.16. The summed E-state index contributed by atoms with van der Waals surface area (Å²) in [6.45, 7) is 8.70. The van der Waals surface area contributed by atoms with Gasteiger partial charge in [-0.3, -0.25) is 0 Å². The van der Waals surface area contributed by atoms with Gasteiger partial charge in [0.05, 0.1) is 5.60 Å². The SMILES string of the molecule is CC1(C)NB(c2cc(-c3nc(C4=CCCC=C4)nc(-c4ccccc4)n3)cc(-c3cc4ccccc4c4ccccc34)c2)OC1(C)C. The highest BCUT2D eigenvalue weighted by atomic mass is 16.5. The van der Waals surface area contributed by atoms with Crippen LogP contribution in [-0.2, 0) is 4.65 Å². The van der Waals surface area contributed by atoms with Gasteiger partial charge in [0, 0.05) is 22.2 Å². The van der Waals surface area contributed by atoms with E-state index >= 15 is 0 Å². The van der Waals surface area contributed by atoms with Gasteiger partial charge in [0.25, 0.3) is 0 Å². The van der Waals surface area contributed by atoms with E-state index < -0.39 is 0 Å². The Morgan fingerprint density at radius 3 is 2.02 bits per heavy atom. The third kappa shape index (κ3) is 5.38. The summed E-state index contributed by atoms with van der Waals surface area (Å²) in [7, 11) is -0.302. The van der Waals surface area contributed by atoms with E-state index in [1.54, 1.807) is 0 Å². The minimum Gasteiger partial charge on any atom is -0.411 e. The predicted octanol–water partition coefficient (Wildman–Crippen LogP) is 8.78. The third-order valence-electron chi connectivity index (χ3n) is 9.93. The molecule has 0 amide bonds. The van der Waals surface area contributed by atoms with Crippen LogP contribution >= 0.6 is 0 Å². The minimum absolute atomic E-state index is 0.232. The summed E-state index contributed by atoms with van der Waals surface area (Å²) in [5, 5.41) is 8.65. The van der Waals surface area contributed by atoms with Crippen LogP contribution in [-0.4, -0.2) is 33.1 Å². The van der Waals surface area contributed by atoms with Gasteiger partial charge in [0.2, 0.25) is 0 Å². The van der Waals surface area contributed by atoms with E-state index in [-0.39, 0.29) is 18.2 Å². The molecule has 1 saturated heterocycles. The topological polar surface area (TPSA) is 59.9 Å². The molecule has 6 aromatic rings. The largest absolute Gasteiger partial charge is 0.416 e. The molecule has 6 heteroatoms. The summed E-state index contributed by atoms with van der Waals surface area (Å²) in [5.74, 6) is 1.98. The highest BCUT2D eigenvalue weighted by molar-refractivity contribution is 6.66. The van der Waals surface area contributed by atoms with Gasteiger partial charge >= 0.3 is 7.05 Å². The molecule has 0 bridgehead atoms. The van der Waals surface area contributed by atoms with Crippen LogP contribution in [0.15, 0.2) is 121 Å². The standard InChI is InChI=1S/C41H37BN4O/c1-40(2)41(3,4)47-42(46-40)32-24-30(36-26-29-19-11-12-20-33(29)34-21-13-14-22-35(34)36)23-31(25-32)39-44-37(27-15-7-5-8-16-27)43-38(45-39)28-17-9-6-10-18-28/h5,7-9,11-26,46H,6,10H2,1-4H3. The molecule has 1 fully saturated rings. The van der Waals surface area contributed by atoms with Crippen LogP contribution in [0.25, 0.3) is 61.0 Å². The van der Waals surface area contributed by atoms with Crippen LogP contribution in [0.5, 0.6) is 0 Å². The first-order chi connectivity index (χ1) is 22.8. The lowest BCUT2D eigenvalue weighted by Gasteiger charge is -2.33. The summed E-state index contributed by atoms with van der Waals surface area (Å²) in [5.41, 5.74) is 5.59. The fourth-order valence-corrected chi connectivity index (χ4v) is 6.63. The summed E-state index contributed by atoms with van der Waals surface area (Å²) < 4.78 is 6.72. The second-order valence-corrected chi connectivity index (χ2v) is 13.6. The van der Waals surface area contributed by atoms with Crippen molar-refractivity contribution in [3.05, 3.63) is 127 Å². The van der Waals surface area contributed by atoms with Gasteiger partial charge in [-0.1, -0.05) is 109 Å². The summed E-state index contributed by atoms with van der Waals surface area (Å²) >= 11 is 0. The van der Waals surface area contributed by atoms with Gasteiger partial charge in [-0.15, -0.1) is 0 Å². The lowest BCUT2D eigenvalue weighted by Crippen LogP contribution is -2.51. The molecule has 1 aliphatic heterocycles. The molecule has 0 spiro atoms. The fourth-order valence-electron chi connectivity index (χ4n) is 6.63. The van der Waals surface area contributed by atoms with Crippen molar-refractivity contribution in [3.8, 4) is 33.9 Å². The zero-order chi connectivity index (χ0) is 32.2. The molecule has 1 aliphatic carbocycles. The minimum atomic E-state index is -0.371. The highest BCUT2D eigenvalue weighted by Crippen LogP contribution is 2.37. The molecule has 0 radical (unpaired) electrons. The van der Waals surface area contributed by atoms with Gasteiger partial charge in [0.1, 0.15) is 0 Å². The predicted molar refractivity (Wildman–Crippen MR) is 195 cm³/mol. The van der Waals surface area contributed by atoms with Crippen LogP contribution in [0, 0.1) is 0 Å². The molecule has 2 aliphatic rings. The van der Waals surface area contributed by atoms with Crippen molar-refractivity contribution in [2.75, 3.05) is 0 Å². The number of fused-ring (bicyclic) bond motifs is 3. The molecular weight excluding hydrogens is 575 g/mol. The quantitative estimate of drug-likeness (QED) is 0.156. The average Bonchev–Trinajstić information content (AvgIpc) is 3.34. The maximum Gasteiger partial charge on any atom is 0.416 e. The lowest BCUT2D eigenvalue weighted by molar-refractivity contribution is 0.0750. The lowest BCUT2D eigenvalue weighted by atomic mass is 9.71. The van der Waals surface area contributed by atoms with E-state index in [0.717, 1.165) is 46.1 Å². The maximum atomic E-state index is 6.72. The molecule has 1 aromatic heterocycles. The average molecular weight is 613 g/mol. The number of nitrogens with zero attached hydrogens (tertiary/aromatic N) is 3. The monoisotopic (exact) mass is 612 g/mol. The Morgan fingerprint density at radius 2 is 1.30 bits per heavy atom. The Bertz CT molecular complexity index is 2200. The van der Waals surface area contributed by atoms with Crippen molar-refractivity contribution < 1.29 is 4.65 Å². The van der Waals surface area contributed by atoms with Crippen LogP contribution in [0.3, 0.4) is 0 Å². The molecule has 0 saturated carbocycles. The van der Waals surface area contributed by atoms with Crippen LogP contribution < -0.4 is 10.7 Å². The van der Waals surface area contributed by atoms with Crippen LogP contribution in [0.1, 0.15) is 46.4 Å². The van der Waals surface area contributed by atoms with Crippen molar-refractivity contribution in [2.24, 2.45) is 0 Å². The van der Waals surface area contributed by atoms with E-state index in [2.05, 4.69) is 136 Å². The normalized spacial score (nSPS) is 16.9. The van der Waals surface area contributed by atoms with Gasteiger partial charge in [0.15, 0.2) is 17.5 Å². The van der Waals surface area contributed by atoms with Gasteiger partial charge in [-0.25, -0.2) is 15.0 Å². The molecule has 230 valence electrons. The first-order valence-corrected chi connectivity index (χ1v) is 16.5. The zero-order valence-electron chi connectivity index (χ0n) is 27.3. The van der Waals surface area contributed by atoms with Crippen LogP contribution in [0.2, 0.25) is 0 Å². The smallest absolute Gasteiger partial charge is 0.411 e. The van der Waals surface area contributed by atoms with Crippen molar-refractivity contribution in [2.45, 2.75) is 51.7 Å². The first kappa shape index (κ1) is 29.5. The van der Waals surface area contributed by atoms with E-state index in [9.17, 15) is 0 Å². The molecule has 5 aromatic carbocycles. The van der Waals surface area contributed by atoms with Crippen molar-refractivity contribution >= 4 is 39.6 Å². The Hall–Kier alpha value is -4.91. The first-order valence-electron chi connectivity index (χ1n) is 16.5. The number of benzene rings is 5. The molecule has 0 atom stereocenters. The zero-order valence-corrected chi connectivity index (χ0v) is 27.3. The Labute approximate surface area is 276 Å². The van der Waals surface area contributed by atoms with Crippen molar-refractivity contribution in [1.82, 2.24) is 20.2 Å². The molecule has 0 unspecified atom stereocenters. The van der Waals surface area contributed by atoms with E-state index in [1.807, 2.05) is 18.2 Å². The number of rotatable bonds is 5. The van der Waals surface area contributed by atoms with Gasteiger partial charge in [-0.05, 0) is 90.8 Å². The number of nitrogens with one attached hydrogen (secondary N) is 1. The van der Waals surface area contributed by atoms with Crippen molar-refractivity contribution in [1.29, 1.82) is 0 Å². The van der Waals surface area contributed by atoms with Crippen molar-refractivity contribution in [3.63, 3.8) is 0 Å². The molecular formula is C41H37BN4O. The number of allylic oxidation sites excluding steroid dienone is 4. The highest BCUT2D eigenvalue weighted by Gasteiger charge is 2.49. The van der Waals surface area contributed by atoms with Gasteiger partial charge in [-0.2, -0.15) is 0 Å². The summed E-state index contributed by atoms with van der Waals surface area (Å²) in [6, 6.07) is 36.4. The van der Waals surface area contributed by atoms with E-state index in [4.69, 9.17) is 19.6 Å². The number of hydrogen-bond acceptors (Lipinski definition) is 5. The van der Waals surface area contributed by atoms with Crippen LogP contribution in [0.4, 0.5) is 0 Å². The molecule has 5 nitrogen and oxygen atoms in total. The van der Waals surface area contributed by atoms with E-state index in [1.165, 1.54) is 21.5 Å². The summed E-state index contributed by atoms with van der Waals surface area (Å²) in [6.07, 6.45) is 8.53. The van der Waals surface area contributed by atoms with E-state index in [0.29, 0.717) is 17.5 Å². The van der Waals surface area contributed by atoms with Gasteiger partial charge < -0.3 is 9.88 Å². The second-order valence-electron chi connectivity index (χ2n) is 13.6. The second kappa shape index (κ2) is 11.4. The third-order valence-corrected chi connectivity index (χ3v) is 9.93. The maximum absolute atomic E-state index is 6.72. The summed E-state index contributed by atoms with van der Waals surface area (Å²) in [4.78, 5) is 15.2. The molecule has 8 rings (SSSR count). The fraction of sp³-hybridized carbons (Fsp3) is 0.195. The molecule has 1 N–H and O–H groups in total. The Balaban J connectivity index is 1.38. The molecule has 47 heavy (non-hydrogen) atoms. The Morgan fingerprint density at radius 1 is 0.638 bits per heavy atom. The number of hydrogen-bond donors (Lipinski definition) is 1. The molecule has 2 heterocycles.